The van der Waals surface area contributed by atoms with Gasteiger partial charge in [0, 0.05) is 26.1 Å². The number of anilines is 1. The number of amides is 1. The lowest BCUT2D eigenvalue weighted by atomic mass is 9.93. The maximum absolute atomic E-state index is 14.2. The van der Waals surface area contributed by atoms with Crippen LogP contribution in [0, 0.1) is 11.7 Å². The largest absolute Gasteiger partial charge is 0.370 e. The highest BCUT2D eigenvalue weighted by Gasteiger charge is 2.22. The molecule has 4 nitrogen and oxygen atoms in total. The van der Waals surface area contributed by atoms with Crippen LogP contribution < -0.4 is 16.0 Å². The first kappa shape index (κ1) is 15.8. The summed E-state index contributed by atoms with van der Waals surface area (Å²) >= 11 is 0. The van der Waals surface area contributed by atoms with E-state index in [2.05, 4.69) is 10.2 Å². The summed E-state index contributed by atoms with van der Waals surface area (Å²) in [4.78, 5) is 13.0. The quantitative estimate of drug-likeness (QED) is 0.843. The molecule has 0 aliphatic carbocycles. The van der Waals surface area contributed by atoms with Crippen LogP contribution in [0.15, 0.2) is 18.2 Å². The fourth-order valence-corrected chi connectivity index (χ4v) is 2.85. The standard InChI is InChI=1S/C16H24FN3O/c1-2-19-11-13-3-4-15(14(17)9-13)20-7-5-12(6-8-20)10-16(18)21/h3-4,9,12,19H,2,5-8,10-11H2,1H3,(H2,18,21). The summed E-state index contributed by atoms with van der Waals surface area (Å²) in [5.74, 6) is -0.0685. The van der Waals surface area contributed by atoms with Crippen molar-refractivity contribution in [3.63, 3.8) is 0 Å². The molecule has 1 aromatic rings. The molecular weight excluding hydrogens is 269 g/mol. The molecule has 1 saturated heterocycles. The van der Waals surface area contributed by atoms with Gasteiger partial charge in [0.2, 0.25) is 5.91 Å². The van der Waals surface area contributed by atoms with Gasteiger partial charge in [0.1, 0.15) is 5.82 Å². The highest BCUT2D eigenvalue weighted by molar-refractivity contribution is 5.74. The van der Waals surface area contributed by atoms with Gasteiger partial charge in [0.05, 0.1) is 5.69 Å². The fraction of sp³-hybridized carbons (Fsp3) is 0.562. The Morgan fingerprint density at radius 1 is 1.43 bits per heavy atom. The Hall–Kier alpha value is -1.62. The normalized spacial score (nSPS) is 16.2. The average molecular weight is 293 g/mol. The average Bonchev–Trinajstić information content (AvgIpc) is 2.46. The fourth-order valence-electron chi connectivity index (χ4n) is 2.85. The molecular formula is C16H24FN3O. The lowest BCUT2D eigenvalue weighted by Gasteiger charge is -2.33. The zero-order valence-electron chi connectivity index (χ0n) is 12.6. The molecule has 3 N–H and O–H groups in total. The van der Waals surface area contributed by atoms with E-state index in [4.69, 9.17) is 5.73 Å². The highest BCUT2D eigenvalue weighted by atomic mass is 19.1. The van der Waals surface area contributed by atoms with E-state index in [0.717, 1.165) is 38.0 Å². The van der Waals surface area contributed by atoms with Crippen LogP contribution in [0.2, 0.25) is 0 Å². The van der Waals surface area contributed by atoms with E-state index in [9.17, 15) is 9.18 Å². The number of nitrogens with two attached hydrogens (primary N) is 1. The van der Waals surface area contributed by atoms with Gasteiger partial charge in [-0.1, -0.05) is 13.0 Å². The van der Waals surface area contributed by atoms with Crippen LogP contribution in [0.25, 0.3) is 0 Å². The van der Waals surface area contributed by atoms with Gasteiger partial charge in [0.25, 0.3) is 0 Å². The summed E-state index contributed by atoms with van der Waals surface area (Å²) in [5, 5.41) is 3.19. The van der Waals surface area contributed by atoms with Crippen LogP contribution in [0.1, 0.15) is 31.7 Å². The van der Waals surface area contributed by atoms with Crippen molar-refractivity contribution < 1.29 is 9.18 Å². The number of hydrogen-bond acceptors (Lipinski definition) is 3. The minimum atomic E-state index is -0.243. The van der Waals surface area contributed by atoms with E-state index < -0.39 is 0 Å². The van der Waals surface area contributed by atoms with E-state index in [1.165, 1.54) is 0 Å². The lowest BCUT2D eigenvalue weighted by Crippen LogP contribution is -2.35. The minimum Gasteiger partial charge on any atom is -0.370 e. The molecule has 1 aliphatic heterocycles. The Morgan fingerprint density at radius 2 is 2.14 bits per heavy atom. The number of nitrogens with one attached hydrogen (secondary N) is 1. The van der Waals surface area contributed by atoms with Crippen LogP contribution in [0.5, 0.6) is 0 Å². The first-order valence-corrected chi connectivity index (χ1v) is 7.62. The first-order valence-electron chi connectivity index (χ1n) is 7.62. The topological polar surface area (TPSA) is 58.4 Å². The van der Waals surface area contributed by atoms with E-state index in [1.807, 2.05) is 19.1 Å². The number of carbonyl (C=O) groups is 1. The van der Waals surface area contributed by atoms with E-state index in [0.29, 0.717) is 24.6 Å². The molecule has 0 radical (unpaired) electrons. The number of piperidine rings is 1. The third kappa shape index (κ3) is 4.43. The van der Waals surface area contributed by atoms with Gasteiger partial charge >= 0.3 is 0 Å². The summed E-state index contributed by atoms with van der Waals surface area (Å²) in [5.41, 5.74) is 6.85. The van der Waals surface area contributed by atoms with Gasteiger partial charge in [-0.05, 0) is 43.0 Å². The van der Waals surface area contributed by atoms with Crippen molar-refractivity contribution in [3.8, 4) is 0 Å². The molecule has 0 bridgehead atoms. The maximum atomic E-state index is 14.2. The third-order valence-corrected chi connectivity index (χ3v) is 4.04. The number of carbonyl (C=O) groups excluding carboxylic acids is 1. The molecule has 1 aromatic carbocycles. The van der Waals surface area contributed by atoms with Gasteiger partial charge in [-0.15, -0.1) is 0 Å². The van der Waals surface area contributed by atoms with Crippen LogP contribution >= 0.6 is 0 Å². The molecule has 2 rings (SSSR count). The molecule has 0 saturated carbocycles. The number of hydrogen-bond donors (Lipinski definition) is 2. The Bertz CT molecular complexity index is 484. The molecule has 0 atom stereocenters. The van der Waals surface area contributed by atoms with Gasteiger partial charge in [-0.2, -0.15) is 0 Å². The molecule has 21 heavy (non-hydrogen) atoms. The molecule has 1 aliphatic rings. The number of rotatable bonds is 6. The summed E-state index contributed by atoms with van der Waals surface area (Å²) in [7, 11) is 0. The van der Waals surface area contributed by atoms with Crippen molar-refractivity contribution in [2.45, 2.75) is 32.7 Å². The van der Waals surface area contributed by atoms with Crippen LogP contribution in [0.4, 0.5) is 10.1 Å². The van der Waals surface area contributed by atoms with E-state index >= 15 is 0 Å². The van der Waals surface area contributed by atoms with E-state index in [1.54, 1.807) is 6.07 Å². The molecule has 1 fully saturated rings. The van der Waals surface area contributed by atoms with Crippen molar-refractivity contribution in [2.75, 3.05) is 24.5 Å². The first-order chi connectivity index (χ1) is 10.1. The van der Waals surface area contributed by atoms with Gasteiger partial charge in [0.15, 0.2) is 0 Å². The van der Waals surface area contributed by atoms with Crippen LogP contribution in [-0.2, 0) is 11.3 Å². The zero-order valence-corrected chi connectivity index (χ0v) is 12.6. The molecule has 0 spiro atoms. The third-order valence-electron chi connectivity index (χ3n) is 4.04. The number of nitrogens with zero attached hydrogens (tertiary/aromatic N) is 1. The molecule has 0 aromatic heterocycles. The van der Waals surface area contributed by atoms with Crippen LogP contribution in [0.3, 0.4) is 0 Å². The van der Waals surface area contributed by atoms with Crippen molar-refractivity contribution in [2.24, 2.45) is 11.7 Å². The second-order valence-electron chi connectivity index (χ2n) is 5.67. The predicted octanol–water partition coefficient (Wildman–Crippen LogP) is 2.03. The number of halogens is 1. The summed E-state index contributed by atoms with van der Waals surface area (Å²) in [6.07, 6.45) is 2.22. The Morgan fingerprint density at radius 3 is 2.71 bits per heavy atom. The van der Waals surface area contributed by atoms with Gasteiger partial charge in [-0.25, -0.2) is 4.39 Å². The minimum absolute atomic E-state index is 0.168. The Balaban J connectivity index is 1.95. The van der Waals surface area contributed by atoms with Gasteiger partial charge in [-0.3, -0.25) is 4.79 Å². The number of benzene rings is 1. The molecule has 1 amide bonds. The highest BCUT2D eigenvalue weighted by Crippen LogP contribution is 2.27. The lowest BCUT2D eigenvalue weighted by molar-refractivity contribution is -0.119. The second kappa shape index (κ2) is 7.41. The summed E-state index contributed by atoms with van der Waals surface area (Å²) in [6.45, 7) is 5.15. The van der Waals surface area contributed by atoms with Crippen molar-refractivity contribution in [1.82, 2.24) is 5.32 Å². The van der Waals surface area contributed by atoms with Crippen molar-refractivity contribution in [3.05, 3.63) is 29.6 Å². The van der Waals surface area contributed by atoms with E-state index in [-0.39, 0.29) is 11.7 Å². The smallest absolute Gasteiger partial charge is 0.217 e. The van der Waals surface area contributed by atoms with Crippen LogP contribution in [-0.4, -0.2) is 25.5 Å². The summed E-state index contributed by atoms with van der Waals surface area (Å²) < 4.78 is 14.2. The molecule has 1 heterocycles. The number of primary amides is 1. The molecule has 116 valence electrons. The monoisotopic (exact) mass is 293 g/mol. The van der Waals surface area contributed by atoms with Gasteiger partial charge < -0.3 is 16.0 Å². The molecule has 5 heteroatoms. The summed E-state index contributed by atoms with van der Waals surface area (Å²) in [6, 6.07) is 5.43. The Labute approximate surface area is 125 Å². The molecule has 0 unspecified atom stereocenters. The predicted molar refractivity (Wildman–Crippen MR) is 82.5 cm³/mol. The zero-order chi connectivity index (χ0) is 15.2. The van der Waals surface area contributed by atoms with Crippen molar-refractivity contribution >= 4 is 11.6 Å². The Kier molecular flexibility index (Phi) is 5.56. The SMILES string of the molecule is CCNCc1ccc(N2CCC(CC(N)=O)CC2)c(F)c1. The second-order valence-corrected chi connectivity index (χ2v) is 5.67. The maximum Gasteiger partial charge on any atom is 0.217 e. The van der Waals surface area contributed by atoms with Crippen molar-refractivity contribution in [1.29, 1.82) is 0 Å².